The highest BCUT2D eigenvalue weighted by Gasteiger charge is 2.19. The normalized spacial score (nSPS) is 12.8. The SMILES string of the molecule is CC/C=C\C/C=C\C/C=C\C/C=C\C/C=C\C/C=C\C/C=C\CCCCCCCCCC(=O)OCC(COC(=O)CCCCCCCCCCCCC)OC(=O)CCCCCCCCC/C=C\C/C=C\CCCCCC. The van der Waals surface area contributed by atoms with Crippen molar-refractivity contribution in [2.24, 2.45) is 0 Å². The van der Waals surface area contributed by atoms with E-state index in [2.05, 4.69) is 130 Å². The van der Waals surface area contributed by atoms with Crippen LogP contribution in [-0.2, 0) is 28.6 Å². The Morgan fingerprint density at radius 3 is 0.816 bits per heavy atom. The lowest BCUT2D eigenvalue weighted by molar-refractivity contribution is -0.167. The van der Waals surface area contributed by atoms with Crippen LogP contribution in [0, 0.1) is 0 Å². The molecule has 0 bridgehead atoms. The predicted molar refractivity (Wildman–Crippen MR) is 330 cm³/mol. The summed E-state index contributed by atoms with van der Waals surface area (Å²) in [4.78, 5) is 38.2. The largest absolute Gasteiger partial charge is 0.462 e. The molecule has 0 radical (unpaired) electrons. The lowest BCUT2D eigenvalue weighted by Crippen LogP contribution is -2.30. The van der Waals surface area contributed by atoms with Gasteiger partial charge < -0.3 is 14.2 Å². The van der Waals surface area contributed by atoms with Gasteiger partial charge in [-0.3, -0.25) is 14.4 Å². The minimum atomic E-state index is -0.787. The third kappa shape index (κ3) is 60.9. The van der Waals surface area contributed by atoms with Gasteiger partial charge in [-0.2, -0.15) is 0 Å². The van der Waals surface area contributed by atoms with Crippen LogP contribution in [0.3, 0.4) is 0 Å². The molecular weight excluding hydrogens is 937 g/mol. The maximum Gasteiger partial charge on any atom is 0.306 e. The maximum atomic E-state index is 12.9. The number of hydrogen-bond donors (Lipinski definition) is 0. The second-order valence-corrected chi connectivity index (χ2v) is 20.9. The number of rotatable bonds is 57. The van der Waals surface area contributed by atoms with Crippen molar-refractivity contribution in [3.05, 3.63) is 109 Å². The van der Waals surface area contributed by atoms with E-state index in [1.54, 1.807) is 0 Å². The number of ether oxygens (including phenoxy) is 3. The zero-order chi connectivity index (χ0) is 55.0. The van der Waals surface area contributed by atoms with Crippen LogP contribution in [0.5, 0.6) is 0 Å². The van der Waals surface area contributed by atoms with Crippen molar-refractivity contribution in [2.75, 3.05) is 13.2 Å². The molecule has 0 heterocycles. The van der Waals surface area contributed by atoms with Gasteiger partial charge in [0.25, 0.3) is 0 Å². The van der Waals surface area contributed by atoms with Crippen molar-refractivity contribution in [1.82, 2.24) is 0 Å². The van der Waals surface area contributed by atoms with Gasteiger partial charge in [0.15, 0.2) is 6.10 Å². The van der Waals surface area contributed by atoms with Crippen LogP contribution in [-0.4, -0.2) is 37.2 Å². The van der Waals surface area contributed by atoms with E-state index in [4.69, 9.17) is 14.2 Å². The molecule has 0 amide bonds. The topological polar surface area (TPSA) is 78.9 Å². The van der Waals surface area contributed by atoms with Gasteiger partial charge in [-0.05, 0) is 109 Å². The first-order valence-electron chi connectivity index (χ1n) is 31.9. The van der Waals surface area contributed by atoms with Crippen molar-refractivity contribution < 1.29 is 28.6 Å². The Morgan fingerprint density at radius 2 is 0.513 bits per heavy atom. The summed E-state index contributed by atoms with van der Waals surface area (Å²) in [7, 11) is 0. The Labute approximate surface area is 470 Å². The molecule has 0 aliphatic carbocycles. The standard InChI is InChI=1S/C70H118O6/c1-4-7-10-13-16-19-22-24-26-28-30-31-32-33-34-35-36-37-38-39-40-42-43-45-48-51-54-57-60-63-69(72)75-66-67(65-74-68(71)62-59-56-53-50-47-21-18-15-12-9-6-3)76-70(73)64-61-58-55-52-49-46-44-41-29-27-25-23-20-17-14-11-8-5-2/h7,10,16,19-20,23-24,26-27,29-31,33-34,36-37,39-40,67H,4-6,8-9,11-15,17-18,21-22,25,28,32,35,38,41-66H2,1-3H3/b10-7-,19-16-,23-20-,26-24-,29-27-,31-30-,34-33-,37-36-,40-39-. The quantitative estimate of drug-likeness (QED) is 0.0261. The van der Waals surface area contributed by atoms with E-state index in [1.807, 2.05) is 0 Å². The molecule has 0 aliphatic rings. The Balaban J connectivity index is 4.31. The summed E-state index contributed by atoms with van der Waals surface area (Å²) in [5.41, 5.74) is 0. The van der Waals surface area contributed by atoms with Gasteiger partial charge in [0.2, 0.25) is 0 Å². The Kier molecular flexibility index (Phi) is 60.3. The van der Waals surface area contributed by atoms with Crippen LogP contribution in [0.1, 0.15) is 297 Å². The highest BCUT2D eigenvalue weighted by atomic mass is 16.6. The number of carbonyl (C=O) groups is 3. The first-order chi connectivity index (χ1) is 37.5. The van der Waals surface area contributed by atoms with Crippen molar-refractivity contribution in [2.45, 2.75) is 303 Å². The van der Waals surface area contributed by atoms with Crippen molar-refractivity contribution in [3.63, 3.8) is 0 Å². The van der Waals surface area contributed by atoms with E-state index in [1.165, 1.54) is 135 Å². The molecule has 1 unspecified atom stereocenters. The molecule has 0 fully saturated rings. The van der Waals surface area contributed by atoms with E-state index < -0.39 is 6.10 Å². The molecule has 0 N–H and O–H groups in total. The van der Waals surface area contributed by atoms with Crippen LogP contribution in [0.15, 0.2) is 109 Å². The highest BCUT2D eigenvalue weighted by Crippen LogP contribution is 2.15. The maximum absolute atomic E-state index is 12.9. The van der Waals surface area contributed by atoms with Crippen LogP contribution in [0.25, 0.3) is 0 Å². The average Bonchev–Trinajstić information content (AvgIpc) is 3.42. The minimum absolute atomic E-state index is 0.0832. The summed E-state index contributed by atoms with van der Waals surface area (Å²) in [5, 5.41) is 0. The van der Waals surface area contributed by atoms with Gasteiger partial charge in [-0.1, -0.05) is 278 Å². The molecule has 0 aromatic rings. The number of allylic oxidation sites excluding steroid dienone is 18. The molecule has 6 heteroatoms. The van der Waals surface area contributed by atoms with Gasteiger partial charge in [-0.15, -0.1) is 0 Å². The molecule has 0 saturated carbocycles. The number of unbranched alkanes of at least 4 members (excludes halogenated alkanes) is 28. The number of carbonyl (C=O) groups excluding carboxylic acids is 3. The molecule has 434 valence electrons. The predicted octanol–water partition coefficient (Wildman–Crippen LogP) is 21.8. The summed E-state index contributed by atoms with van der Waals surface area (Å²) in [5.74, 6) is -0.897. The molecule has 0 aromatic heterocycles. The van der Waals surface area contributed by atoms with Crippen LogP contribution in [0.4, 0.5) is 0 Å². The third-order valence-electron chi connectivity index (χ3n) is 13.5. The number of hydrogen-bond acceptors (Lipinski definition) is 6. The molecule has 0 rings (SSSR count). The first-order valence-corrected chi connectivity index (χ1v) is 31.9. The van der Waals surface area contributed by atoms with Crippen molar-refractivity contribution >= 4 is 17.9 Å². The minimum Gasteiger partial charge on any atom is -0.462 e. The summed E-state index contributed by atoms with van der Waals surface area (Å²) < 4.78 is 16.9. The monoisotopic (exact) mass is 1050 g/mol. The van der Waals surface area contributed by atoms with Crippen LogP contribution >= 0.6 is 0 Å². The van der Waals surface area contributed by atoms with Gasteiger partial charge in [0, 0.05) is 19.3 Å². The summed E-state index contributed by atoms with van der Waals surface area (Å²) in [6.45, 7) is 6.50. The molecule has 6 nitrogen and oxygen atoms in total. The van der Waals surface area contributed by atoms with Gasteiger partial charge in [0.1, 0.15) is 13.2 Å². The second kappa shape index (κ2) is 63.6. The van der Waals surface area contributed by atoms with Gasteiger partial charge in [-0.25, -0.2) is 0 Å². The smallest absolute Gasteiger partial charge is 0.306 e. The van der Waals surface area contributed by atoms with E-state index in [0.29, 0.717) is 19.3 Å². The zero-order valence-corrected chi connectivity index (χ0v) is 49.7. The summed E-state index contributed by atoms with van der Waals surface area (Å²) in [6, 6.07) is 0. The lowest BCUT2D eigenvalue weighted by Gasteiger charge is -2.18. The van der Waals surface area contributed by atoms with E-state index >= 15 is 0 Å². The fourth-order valence-corrected chi connectivity index (χ4v) is 8.75. The second-order valence-electron chi connectivity index (χ2n) is 20.9. The molecule has 0 saturated heterocycles. The molecule has 1 atom stereocenters. The summed E-state index contributed by atoms with van der Waals surface area (Å²) in [6.07, 6.45) is 86.6. The Morgan fingerprint density at radius 1 is 0.276 bits per heavy atom. The highest BCUT2D eigenvalue weighted by molar-refractivity contribution is 5.71. The fourth-order valence-electron chi connectivity index (χ4n) is 8.75. The summed E-state index contributed by atoms with van der Waals surface area (Å²) >= 11 is 0. The average molecular weight is 1060 g/mol. The van der Waals surface area contributed by atoms with Crippen molar-refractivity contribution in [3.8, 4) is 0 Å². The zero-order valence-electron chi connectivity index (χ0n) is 49.7. The van der Waals surface area contributed by atoms with Crippen LogP contribution in [0.2, 0.25) is 0 Å². The fraction of sp³-hybridized carbons (Fsp3) is 0.700. The number of esters is 3. The Hall–Kier alpha value is -3.93. The van der Waals surface area contributed by atoms with E-state index in [0.717, 1.165) is 122 Å². The first kappa shape index (κ1) is 72.1. The molecular formula is C70H118O6. The van der Waals surface area contributed by atoms with Gasteiger partial charge in [0.05, 0.1) is 0 Å². The molecule has 0 aliphatic heterocycles. The molecule has 0 spiro atoms. The lowest BCUT2D eigenvalue weighted by atomic mass is 10.1. The molecule has 76 heavy (non-hydrogen) atoms. The van der Waals surface area contributed by atoms with E-state index in [9.17, 15) is 14.4 Å². The third-order valence-corrected chi connectivity index (χ3v) is 13.5. The van der Waals surface area contributed by atoms with E-state index in [-0.39, 0.29) is 31.1 Å². The van der Waals surface area contributed by atoms with Crippen LogP contribution < -0.4 is 0 Å². The van der Waals surface area contributed by atoms with Gasteiger partial charge >= 0.3 is 17.9 Å². The van der Waals surface area contributed by atoms with Crippen molar-refractivity contribution in [1.29, 1.82) is 0 Å². The Bertz CT molecular complexity index is 1540. The molecule has 0 aromatic carbocycles.